The summed E-state index contributed by atoms with van der Waals surface area (Å²) in [6, 6.07) is -10.4. The molecule has 12 amide bonds. The van der Waals surface area contributed by atoms with Gasteiger partial charge in [0.05, 0.1) is 31.1 Å². The third-order valence-corrected chi connectivity index (χ3v) is 26.1. The van der Waals surface area contributed by atoms with Crippen LogP contribution in [0.2, 0.25) is 0 Å². The SMILES string of the molecule is CCCO[C@@H]1C[C@H]2C(=O)NC3(CC(C)(C)C3)C(=O)N(C)[C@@H](C3CCCC3)C(=O)N(C)[C@H](C(=O)N(C)CC)CC(=O)N(C)[C@H]3CCCC4CCC(CC4)C[C@@H](C(=O)N(C)CC(=O)N[C@@H](CCC4CCC(C(F)(F)F)C(OC)C4)C(=O)N2C1)N1CC/C=C\C[C@@H](C1=O)N(C)C(=O)CN(C1CC1)C(=O)[C@H]([C@@H](C)CC)NC3=O. The third-order valence-electron chi connectivity index (χ3n) is 26.1. The molecule has 11 rings (SSSR count). The first kappa shape index (κ1) is 86.1. The number of fused-ring (bicyclic) bond motifs is 22. The number of ether oxygens (including phenoxy) is 2. The molecule has 3 N–H and O–H groups in total. The average molecular weight is 1540 g/mol. The fourth-order valence-corrected chi connectivity index (χ4v) is 19.2. The highest BCUT2D eigenvalue weighted by atomic mass is 19.4. The van der Waals surface area contributed by atoms with E-state index < -0.39 is 186 Å². The first-order valence-corrected chi connectivity index (χ1v) is 40.8. The fourth-order valence-electron chi connectivity index (χ4n) is 19.2. The van der Waals surface area contributed by atoms with Gasteiger partial charge in [0.25, 0.3) is 0 Å². The third kappa shape index (κ3) is 20.5. The number of halogens is 3. The summed E-state index contributed by atoms with van der Waals surface area (Å²) >= 11 is 0. The number of hydrogen-bond acceptors (Lipinski definition) is 14. The Labute approximate surface area is 643 Å². The van der Waals surface area contributed by atoms with Gasteiger partial charge in [-0.15, -0.1) is 0 Å². The minimum absolute atomic E-state index is 0.0154. The van der Waals surface area contributed by atoms with Gasteiger partial charge in [-0.2, -0.15) is 13.2 Å². The molecule has 0 aromatic heterocycles. The van der Waals surface area contributed by atoms with Gasteiger partial charge in [0.15, 0.2) is 0 Å². The van der Waals surface area contributed by atoms with Crippen LogP contribution in [-0.2, 0) is 67.0 Å². The molecule has 612 valence electrons. The van der Waals surface area contributed by atoms with E-state index in [-0.39, 0.29) is 121 Å². The van der Waals surface area contributed by atoms with Gasteiger partial charge in [-0.1, -0.05) is 105 Å². The van der Waals surface area contributed by atoms with Crippen LogP contribution in [0.25, 0.3) is 0 Å². The molecule has 13 atom stereocenters. The highest BCUT2D eigenvalue weighted by Gasteiger charge is 2.60. The van der Waals surface area contributed by atoms with Crippen molar-refractivity contribution < 1.29 is 80.2 Å². The predicted octanol–water partition coefficient (Wildman–Crippen LogP) is 6.60. The van der Waals surface area contributed by atoms with Gasteiger partial charge in [-0.05, 0) is 145 Å². The van der Waals surface area contributed by atoms with E-state index in [9.17, 15) is 13.2 Å². The van der Waals surface area contributed by atoms with Crippen molar-refractivity contribution >= 4 is 70.9 Å². The molecule has 0 aromatic carbocycles. The lowest BCUT2D eigenvalue weighted by Crippen LogP contribution is -2.71. The van der Waals surface area contributed by atoms with Crippen molar-refractivity contribution in [3.63, 3.8) is 0 Å². The first-order valence-electron chi connectivity index (χ1n) is 40.8. The molecule has 5 saturated heterocycles. The summed E-state index contributed by atoms with van der Waals surface area (Å²) in [5.41, 5.74) is -2.17. The second-order valence-electron chi connectivity index (χ2n) is 34.5. The molecule has 6 bridgehead atoms. The van der Waals surface area contributed by atoms with Gasteiger partial charge in [-0.3, -0.25) is 57.5 Å². The summed E-state index contributed by atoms with van der Waals surface area (Å²) in [4.78, 5) is 198. The van der Waals surface area contributed by atoms with Crippen LogP contribution in [0.5, 0.6) is 0 Å². The Bertz CT molecular complexity index is 3300. The topological polar surface area (TPSA) is 289 Å². The summed E-state index contributed by atoms with van der Waals surface area (Å²) < 4.78 is 54.9. The second kappa shape index (κ2) is 37.2. The molecule has 29 heteroatoms. The Hall–Kier alpha value is -6.91. The Morgan fingerprint density at radius 2 is 1.32 bits per heavy atom. The molecule has 6 heterocycles. The van der Waals surface area contributed by atoms with Crippen LogP contribution in [0, 0.1) is 40.9 Å². The molecule has 3 unspecified atom stereocenters. The second-order valence-corrected chi connectivity index (χ2v) is 34.5. The number of rotatable bonds is 13. The summed E-state index contributed by atoms with van der Waals surface area (Å²) in [5.74, 6) is -10.3. The molecule has 10 fully saturated rings. The smallest absolute Gasteiger partial charge is 0.381 e. The lowest BCUT2D eigenvalue weighted by atomic mass is 9.58. The van der Waals surface area contributed by atoms with Crippen LogP contribution in [0.1, 0.15) is 215 Å². The maximum Gasteiger partial charge on any atom is 0.394 e. The molecule has 11 aliphatic rings. The minimum Gasteiger partial charge on any atom is -0.381 e. The van der Waals surface area contributed by atoms with Gasteiger partial charge in [0, 0.05) is 88.1 Å². The van der Waals surface area contributed by atoms with Crippen LogP contribution >= 0.6 is 0 Å². The number of amides is 12. The van der Waals surface area contributed by atoms with E-state index in [0.717, 1.165) is 12.8 Å². The van der Waals surface area contributed by atoms with Crippen molar-refractivity contribution in [3.05, 3.63) is 12.2 Å². The zero-order chi connectivity index (χ0) is 79.7. The quantitative estimate of drug-likeness (QED) is 0.129. The number of nitrogens with one attached hydrogen (secondary N) is 3. The highest BCUT2D eigenvalue weighted by Crippen LogP contribution is 2.50. The summed E-state index contributed by atoms with van der Waals surface area (Å²) in [6.45, 7) is 10.6. The van der Waals surface area contributed by atoms with Gasteiger partial charge in [0.1, 0.15) is 60.4 Å². The number of likely N-dealkylation sites (N-methyl/N-ethyl adjacent to an activating group) is 6. The summed E-state index contributed by atoms with van der Waals surface area (Å²) in [6.07, 6.45) is 6.19. The Morgan fingerprint density at radius 3 is 1.94 bits per heavy atom. The molecule has 1 spiro atoms. The lowest BCUT2D eigenvalue weighted by Gasteiger charge is -2.54. The van der Waals surface area contributed by atoms with Crippen molar-refractivity contribution in [2.75, 3.05) is 88.7 Å². The lowest BCUT2D eigenvalue weighted by molar-refractivity contribution is -0.215. The van der Waals surface area contributed by atoms with E-state index in [0.29, 0.717) is 83.5 Å². The van der Waals surface area contributed by atoms with Crippen LogP contribution in [-0.4, -0.2) is 282 Å². The molecule has 6 aliphatic heterocycles. The van der Waals surface area contributed by atoms with Gasteiger partial charge < -0.3 is 69.5 Å². The van der Waals surface area contributed by atoms with E-state index in [4.69, 9.17) is 9.47 Å². The molecule has 5 aliphatic carbocycles. The van der Waals surface area contributed by atoms with Crippen LogP contribution in [0.3, 0.4) is 0 Å². The van der Waals surface area contributed by atoms with Gasteiger partial charge in [-0.25, -0.2) is 0 Å². The summed E-state index contributed by atoms with van der Waals surface area (Å²) in [5, 5.41) is 9.12. The number of carbonyl (C=O) groups is 12. The van der Waals surface area contributed by atoms with Crippen molar-refractivity contribution in [3.8, 4) is 0 Å². The Balaban J connectivity index is 1.17. The van der Waals surface area contributed by atoms with Gasteiger partial charge in [0.2, 0.25) is 70.9 Å². The number of hydrogen-bond donors (Lipinski definition) is 3. The zero-order valence-corrected chi connectivity index (χ0v) is 67.2. The highest BCUT2D eigenvalue weighted by molar-refractivity contribution is 6.01. The largest absolute Gasteiger partial charge is 0.394 e. The standard InChI is InChI=1S/C80H127F3N12O14/c1-14-39-109-55-42-60-70(100)86-79(47-78(5,6)48-79)77(107)92(12)68(53-24-19-20-25-53)76(106)91(11)61(72(102)87(7)16-3)43-65(97)89(9)58-27-22-23-50-28-30-51(31-29-50)40-62(73(103)88(8)45-64(96)84-57(71(101)95(60)44-55)37-33-52-32-36-56(80(81,82)83)63(41-52)108-13)93-38-21-17-18-26-59(74(93)104)90(10)66(98)46-94(54-34-35-54)75(105)67(49(4)15-2)85-69(58)99/h17-18,49-63,67-68H,14-16,19-48H2,1-13H3,(H,84,96)(H,85,99)(H,86,100)/b18-17-/t49-,50?,51?,52?,55+,56?,57-,58-,59-,60-,61-,62-,63?,67-,68-/m0/s1. The van der Waals surface area contributed by atoms with E-state index in [1.807, 2.05) is 46.8 Å². The molecule has 0 aromatic rings. The van der Waals surface area contributed by atoms with E-state index in [1.165, 1.54) is 86.4 Å². The zero-order valence-electron chi connectivity index (χ0n) is 67.2. The molecular formula is C80H127F3N12O14. The number of nitrogens with zero attached hydrogens (tertiary/aromatic N) is 9. The van der Waals surface area contributed by atoms with Crippen LogP contribution < -0.4 is 16.0 Å². The molecule has 0 radical (unpaired) electrons. The van der Waals surface area contributed by atoms with Gasteiger partial charge >= 0.3 is 6.18 Å². The molecular weight excluding hydrogens is 1410 g/mol. The number of alkyl halides is 3. The Morgan fingerprint density at radius 1 is 0.651 bits per heavy atom. The monoisotopic (exact) mass is 1540 g/mol. The molecule has 109 heavy (non-hydrogen) atoms. The first-order chi connectivity index (χ1) is 51.6. The van der Waals surface area contributed by atoms with E-state index >= 15 is 57.5 Å². The van der Waals surface area contributed by atoms with Crippen LogP contribution in [0.4, 0.5) is 13.2 Å². The maximum atomic E-state index is 16.0. The summed E-state index contributed by atoms with van der Waals surface area (Å²) in [7, 11) is 10.2. The van der Waals surface area contributed by atoms with Crippen LogP contribution in [0.15, 0.2) is 12.2 Å². The van der Waals surface area contributed by atoms with Crippen molar-refractivity contribution in [1.29, 1.82) is 0 Å². The van der Waals surface area contributed by atoms with Crippen molar-refractivity contribution in [2.24, 2.45) is 40.9 Å². The Kier molecular flexibility index (Phi) is 29.3. The number of carbonyl (C=O) groups excluding carboxylic acids is 12. The minimum atomic E-state index is -4.52. The fraction of sp³-hybridized carbons (Fsp3) is 0.825. The molecule has 26 nitrogen and oxygen atoms in total. The normalized spacial score (nSPS) is 32.7. The predicted molar refractivity (Wildman–Crippen MR) is 401 cm³/mol. The van der Waals surface area contributed by atoms with Crippen molar-refractivity contribution in [1.82, 2.24) is 60.0 Å². The number of methoxy groups -OCH3 is 1. The maximum absolute atomic E-state index is 16.0. The average Bonchev–Trinajstić information content (AvgIpc) is 1.17. The van der Waals surface area contributed by atoms with E-state index in [2.05, 4.69) is 16.0 Å². The van der Waals surface area contributed by atoms with Crippen molar-refractivity contribution in [2.45, 2.75) is 293 Å². The van der Waals surface area contributed by atoms with E-state index in [1.54, 1.807) is 14.0 Å². The molecule has 5 saturated carbocycles.